The average Bonchev–Trinajstić information content (AvgIpc) is 2.19. The molecule has 1 aromatic heterocycles. The van der Waals surface area contributed by atoms with E-state index in [0.29, 0.717) is 0 Å². The van der Waals surface area contributed by atoms with Gasteiger partial charge in [-0.25, -0.2) is 0 Å². The van der Waals surface area contributed by atoms with Gasteiger partial charge in [-0.15, -0.1) is 5.10 Å². The van der Waals surface area contributed by atoms with Crippen LogP contribution in [0.4, 0.5) is 5.82 Å². The lowest BCUT2D eigenvalue weighted by Crippen LogP contribution is -2.20. The maximum Gasteiger partial charge on any atom is 0.148 e. The van der Waals surface area contributed by atoms with E-state index in [2.05, 4.69) is 22.4 Å². The Morgan fingerprint density at radius 1 is 1.62 bits per heavy atom. The van der Waals surface area contributed by atoms with Crippen molar-refractivity contribution < 1.29 is 5.11 Å². The maximum absolute atomic E-state index is 8.77. The standard InChI is InChI=1S/C9H15N3O/c1-2-8(5-7-13)11-9-4-3-6-10-12-9/h3-4,6,8,13H,2,5,7H2,1H3,(H,11,12). The van der Waals surface area contributed by atoms with E-state index in [1.54, 1.807) is 6.20 Å². The van der Waals surface area contributed by atoms with E-state index in [9.17, 15) is 0 Å². The van der Waals surface area contributed by atoms with Crippen molar-refractivity contribution in [3.63, 3.8) is 0 Å². The molecule has 1 atom stereocenters. The zero-order valence-electron chi connectivity index (χ0n) is 7.77. The number of aliphatic hydroxyl groups excluding tert-OH is 1. The van der Waals surface area contributed by atoms with Gasteiger partial charge in [0.05, 0.1) is 0 Å². The summed E-state index contributed by atoms with van der Waals surface area (Å²) in [5.41, 5.74) is 0. The molecule has 72 valence electrons. The van der Waals surface area contributed by atoms with E-state index in [0.717, 1.165) is 18.7 Å². The minimum Gasteiger partial charge on any atom is -0.396 e. The van der Waals surface area contributed by atoms with E-state index < -0.39 is 0 Å². The van der Waals surface area contributed by atoms with E-state index in [4.69, 9.17) is 5.11 Å². The fourth-order valence-corrected chi connectivity index (χ4v) is 1.12. The highest BCUT2D eigenvalue weighted by Gasteiger charge is 2.04. The number of hydrogen-bond acceptors (Lipinski definition) is 4. The second kappa shape index (κ2) is 5.48. The maximum atomic E-state index is 8.77. The third-order valence-corrected chi connectivity index (χ3v) is 1.89. The Morgan fingerprint density at radius 3 is 3.00 bits per heavy atom. The van der Waals surface area contributed by atoms with Gasteiger partial charge in [-0.05, 0) is 25.0 Å². The molecule has 4 nitrogen and oxygen atoms in total. The quantitative estimate of drug-likeness (QED) is 0.712. The molecule has 2 N–H and O–H groups in total. The van der Waals surface area contributed by atoms with Crippen LogP contribution in [0.15, 0.2) is 18.3 Å². The number of anilines is 1. The molecule has 0 aliphatic rings. The van der Waals surface area contributed by atoms with Gasteiger partial charge in [0.1, 0.15) is 5.82 Å². The Morgan fingerprint density at radius 2 is 2.46 bits per heavy atom. The summed E-state index contributed by atoms with van der Waals surface area (Å²) in [6.07, 6.45) is 3.35. The van der Waals surface area contributed by atoms with E-state index in [-0.39, 0.29) is 12.6 Å². The molecule has 0 bridgehead atoms. The molecule has 1 rings (SSSR count). The topological polar surface area (TPSA) is 58.0 Å². The van der Waals surface area contributed by atoms with Crippen LogP contribution < -0.4 is 5.32 Å². The monoisotopic (exact) mass is 181 g/mol. The van der Waals surface area contributed by atoms with Gasteiger partial charge in [-0.3, -0.25) is 0 Å². The van der Waals surface area contributed by atoms with E-state index in [1.165, 1.54) is 0 Å². The number of rotatable bonds is 5. The Hall–Kier alpha value is -1.16. The van der Waals surface area contributed by atoms with Crippen LogP contribution in [0.2, 0.25) is 0 Å². The minimum absolute atomic E-state index is 0.200. The van der Waals surface area contributed by atoms with Crippen molar-refractivity contribution in [1.82, 2.24) is 10.2 Å². The predicted molar refractivity (Wildman–Crippen MR) is 51.4 cm³/mol. The van der Waals surface area contributed by atoms with Crippen LogP contribution in [0.25, 0.3) is 0 Å². The van der Waals surface area contributed by atoms with Crippen molar-refractivity contribution in [2.45, 2.75) is 25.8 Å². The Labute approximate surface area is 78.0 Å². The third kappa shape index (κ3) is 3.38. The lowest BCUT2D eigenvalue weighted by atomic mass is 10.1. The zero-order valence-corrected chi connectivity index (χ0v) is 7.77. The Balaban J connectivity index is 2.46. The molecule has 1 aromatic rings. The van der Waals surface area contributed by atoms with Crippen molar-refractivity contribution in [2.24, 2.45) is 0 Å². The third-order valence-electron chi connectivity index (χ3n) is 1.89. The molecule has 13 heavy (non-hydrogen) atoms. The zero-order chi connectivity index (χ0) is 9.52. The van der Waals surface area contributed by atoms with E-state index >= 15 is 0 Å². The molecule has 0 radical (unpaired) electrons. The lowest BCUT2D eigenvalue weighted by Gasteiger charge is -2.15. The van der Waals surface area contributed by atoms with Crippen LogP contribution >= 0.6 is 0 Å². The molecule has 0 saturated heterocycles. The first-order valence-corrected chi connectivity index (χ1v) is 4.52. The fraction of sp³-hybridized carbons (Fsp3) is 0.556. The van der Waals surface area contributed by atoms with Crippen molar-refractivity contribution in [2.75, 3.05) is 11.9 Å². The number of hydrogen-bond donors (Lipinski definition) is 2. The van der Waals surface area contributed by atoms with Gasteiger partial charge in [-0.2, -0.15) is 5.10 Å². The summed E-state index contributed by atoms with van der Waals surface area (Å²) >= 11 is 0. The van der Waals surface area contributed by atoms with E-state index in [1.807, 2.05) is 12.1 Å². The van der Waals surface area contributed by atoms with Gasteiger partial charge in [0.25, 0.3) is 0 Å². The summed E-state index contributed by atoms with van der Waals surface area (Å²) in [7, 11) is 0. The molecule has 0 aliphatic carbocycles. The molecule has 4 heteroatoms. The number of nitrogens with one attached hydrogen (secondary N) is 1. The summed E-state index contributed by atoms with van der Waals surface area (Å²) in [6, 6.07) is 3.98. The highest BCUT2D eigenvalue weighted by Crippen LogP contribution is 2.06. The van der Waals surface area contributed by atoms with Crippen molar-refractivity contribution in [3.05, 3.63) is 18.3 Å². The first kappa shape index (κ1) is 9.92. The second-order valence-corrected chi connectivity index (χ2v) is 2.87. The normalized spacial score (nSPS) is 12.5. The van der Waals surface area contributed by atoms with Crippen LogP contribution in [0.1, 0.15) is 19.8 Å². The summed E-state index contributed by atoms with van der Waals surface area (Å²) in [5, 5.41) is 19.6. The van der Waals surface area contributed by atoms with Gasteiger partial charge < -0.3 is 10.4 Å². The van der Waals surface area contributed by atoms with Gasteiger partial charge in [0, 0.05) is 18.8 Å². The first-order chi connectivity index (χ1) is 6.36. The second-order valence-electron chi connectivity index (χ2n) is 2.87. The molecule has 0 fully saturated rings. The van der Waals surface area contributed by atoms with Crippen LogP contribution in [-0.2, 0) is 0 Å². The predicted octanol–water partition coefficient (Wildman–Crippen LogP) is 1.05. The molecule has 0 spiro atoms. The van der Waals surface area contributed by atoms with Crippen molar-refractivity contribution in [3.8, 4) is 0 Å². The lowest BCUT2D eigenvalue weighted by molar-refractivity contribution is 0.278. The molecule has 1 heterocycles. The van der Waals surface area contributed by atoms with Crippen LogP contribution in [-0.4, -0.2) is 28.0 Å². The number of nitrogens with zero attached hydrogens (tertiary/aromatic N) is 2. The number of aliphatic hydroxyl groups is 1. The molecular weight excluding hydrogens is 166 g/mol. The Kier molecular flexibility index (Phi) is 4.18. The van der Waals surface area contributed by atoms with Gasteiger partial charge >= 0.3 is 0 Å². The molecule has 1 unspecified atom stereocenters. The summed E-state index contributed by atoms with van der Waals surface area (Å²) in [5.74, 6) is 0.766. The van der Waals surface area contributed by atoms with Crippen LogP contribution in [0, 0.1) is 0 Å². The Bertz CT molecular complexity index is 228. The molecule has 0 aromatic carbocycles. The summed E-state index contributed by atoms with van der Waals surface area (Å²) in [6.45, 7) is 2.27. The van der Waals surface area contributed by atoms with Crippen molar-refractivity contribution >= 4 is 5.82 Å². The summed E-state index contributed by atoms with van der Waals surface area (Å²) in [4.78, 5) is 0. The molecular formula is C9H15N3O. The first-order valence-electron chi connectivity index (χ1n) is 4.52. The van der Waals surface area contributed by atoms with Gasteiger partial charge in [-0.1, -0.05) is 6.92 Å². The fourth-order valence-electron chi connectivity index (χ4n) is 1.12. The van der Waals surface area contributed by atoms with Crippen molar-refractivity contribution in [1.29, 1.82) is 0 Å². The smallest absolute Gasteiger partial charge is 0.148 e. The molecule has 0 saturated carbocycles. The SMILES string of the molecule is CCC(CCO)Nc1cccnn1. The molecule has 0 amide bonds. The highest BCUT2D eigenvalue weighted by molar-refractivity contribution is 5.32. The average molecular weight is 181 g/mol. The van der Waals surface area contributed by atoms with Crippen LogP contribution in [0.3, 0.4) is 0 Å². The van der Waals surface area contributed by atoms with Gasteiger partial charge in [0.15, 0.2) is 0 Å². The highest BCUT2D eigenvalue weighted by atomic mass is 16.3. The minimum atomic E-state index is 0.200. The molecule has 0 aliphatic heterocycles. The summed E-state index contributed by atoms with van der Waals surface area (Å²) < 4.78 is 0. The largest absolute Gasteiger partial charge is 0.396 e. The van der Waals surface area contributed by atoms with Gasteiger partial charge in [0.2, 0.25) is 0 Å². The van der Waals surface area contributed by atoms with Crippen LogP contribution in [0.5, 0.6) is 0 Å². The number of aromatic nitrogens is 2.